The van der Waals surface area contributed by atoms with Crippen LogP contribution in [-0.2, 0) is 4.79 Å². The first-order chi connectivity index (χ1) is 14.4. The highest BCUT2D eigenvalue weighted by Gasteiger charge is 2.10. The van der Waals surface area contributed by atoms with Gasteiger partial charge in [-0.1, -0.05) is 18.2 Å². The SMILES string of the molecule is CN(C)C(=O)c1ccc(NC(=O)CN(C)c2ccc(Oc3ccccc3)cc2)cc1. The molecular formula is C24H25N3O3. The maximum Gasteiger partial charge on any atom is 0.253 e. The normalized spacial score (nSPS) is 10.2. The van der Waals surface area contributed by atoms with Crippen LogP contribution >= 0.6 is 0 Å². The van der Waals surface area contributed by atoms with Crippen molar-refractivity contribution in [2.24, 2.45) is 0 Å². The Kier molecular flexibility index (Phi) is 6.70. The third-order valence-electron chi connectivity index (χ3n) is 4.46. The van der Waals surface area contributed by atoms with E-state index in [2.05, 4.69) is 5.32 Å². The second kappa shape index (κ2) is 9.60. The van der Waals surface area contributed by atoms with Gasteiger partial charge in [0.2, 0.25) is 5.91 Å². The first-order valence-corrected chi connectivity index (χ1v) is 9.58. The number of hydrogen-bond donors (Lipinski definition) is 1. The molecule has 0 heterocycles. The molecule has 0 spiro atoms. The molecule has 0 bridgehead atoms. The highest BCUT2D eigenvalue weighted by atomic mass is 16.5. The van der Waals surface area contributed by atoms with Crippen molar-refractivity contribution < 1.29 is 14.3 Å². The van der Waals surface area contributed by atoms with E-state index < -0.39 is 0 Å². The molecule has 30 heavy (non-hydrogen) atoms. The van der Waals surface area contributed by atoms with Crippen molar-refractivity contribution in [1.82, 2.24) is 4.90 Å². The molecule has 3 aromatic carbocycles. The van der Waals surface area contributed by atoms with Crippen molar-refractivity contribution in [3.05, 3.63) is 84.4 Å². The van der Waals surface area contributed by atoms with Gasteiger partial charge < -0.3 is 19.9 Å². The molecule has 1 N–H and O–H groups in total. The minimum Gasteiger partial charge on any atom is -0.457 e. The molecule has 0 aliphatic carbocycles. The van der Waals surface area contributed by atoms with Gasteiger partial charge >= 0.3 is 0 Å². The topological polar surface area (TPSA) is 61.9 Å². The van der Waals surface area contributed by atoms with Crippen molar-refractivity contribution in [3.63, 3.8) is 0 Å². The van der Waals surface area contributed by atoms with Gasteiger partial charge in [-0.15, -0.1) is 0 Å². The van der Waals surface area contributed by atoms with Crippen molar-refractivity contribution in [2.75, 3.05) is 37.9 Å². The van der Waals surface area contributed by atoms with Crippen LogP contribution in [0.2, 0.25) is 0 Å². The van der Waals surface area contributed by atoms with Crippen LogP contribution in [0.5, 0.6) is 11.5 Å². The summed E-state index contributed by atoms with van der Waals surface area (Å²) in [6, 6.07) is 24.0. The van der Waals surface area contributed by atoms with Gasteiger partial charge in [0.05, 0.1) is 6.54 Å². The van der Waals surface area contributed by atoms with Crippen LogP contribution in [0.4, 0.5) is 11.4 Å². The molecule has 0 aromatic heterocycles. The zero-order valence-corrected chi connectivity index (χ0v) is 17.3. The smallest absolute Gasteiger partial charge is 0.253 e. The van der Waals surface area contributed by atoms with Crippen LogP contribution in [0.3, 0.4) is 0 Å². The number of amides is 2. The lowest BCUT2D eigenvalue weighted by molar-refractivity contribution is -0.114. The molecule has 6 nitrogen and oxygen atoms in total. The summed E-state index contributed by atoms with van der Waals surface area (Å²) in [4.78, 5) is 27.7. The third kappa shape index (κ3) is 5.61. The lowest BCUT2D eigenvalue weighted by atomic mass is 10.2. The lowest BCUT2D eigenvalue weighted by Gasteiger charge is -2.19. The number of ether oxygens (including phenoxy) is 1. The van der Waals surface area contributed by atoms with Crippen molar-refractivity contribution in [3.8, 4) is 11.5 Å². The number of carbonyl (C=O) groups excluding carboxylic acids is 2. The Balaban J connectivity index is 1.54. The van der Waals surface area contributed by atoms with E-state index in [0.29, 0.717) is 11.3 Å². The Morgan fingerprint density at radius 1 is 0.800 bits per heavy atom. The Morgan fingerprint density at radius 3 is 2.00 bits per heavy atom. The second-order valence-corrected chi connectivity index (χ2v) is 7.09. The largest absolute Gasteiger partial charge is 0.457 e. The van der Waals surface area contributed by atoms with Crippen LogP contribution in [0.25, 0.3) is 0 Å². The van der Waals surface area contributed by atoms with E-state index >= 15 is 0 Å². The fourth-order valence-electron chi connectivity index (χ4n) is 2.85. The van der Waals surface area contributed by atoms with Gasteiger partial charge in [-0.05, 0) is 60.7 Å². The van der Waals surface area contributed by atoms with E-state index in [0.717, 1.165) is 17.2 Å². The molecule has 0 radical (unpaired) electrons. The van der Waals surface area contributed by atoms with Crippen LogP contribution in [0, 0.1) is 0 Å². The summed E-state index contributed by atoms with van der Waals surface area (Å²) >= 11 is 0. The molecule has 6 heteroatoms. The van der Waals surface area contributed by atoms with E-state index in [1.807, 2.05) is 66.5 Å². The minimum absolute atomic E-state index is 0.0766. The Morgan fingerprint density at radius 2 is 1.40 bits per heavy atom. The molecule has 0 saturated carbocycles. The van der Waals surface area contributed by atoms with Crippen LogP contribution in [-0.4, -0.2) is 44.4 Å². The van der Waals surface area contributed by atoms with Gasteiger partial charge in [0.15, 0.2) is 0 Å². The van der Waals surface area contributed by atoms with Crippen LogP contribution < -0.4 is 15.0 Å². The van der Waals surface area contributed by atoms with E-state index in [1.165, 1.54) is 4.90 Å². The number of carbonyl (C=O) groups is 2. The number of hydrogen-bond acceptors (Lipinski definition) is 4. The predicted octanol–water partition coefficient (Wildman–Crippen LogP) is 4.26. The zero-order valence-electron chi connectivity index (χ0n) is 17.3. The maximum atomic E-state index is 12.4. The van der Waals surface area contributed by atoms with Gasteiger partial charge in [0.1, 0.15) is 11.5 Å². The number of anilines is 2. The maximum absolute atomic E-state index is 12.4. The summed E-state index contributed by atoms with van der Waals surface area (Å²) in [6.07, 6.45) is 0. The molecule has 3 aromatic rings. The van der Waals surface area contributed by atoms with Gasteiger partial charge in [0.25, 0.3) is 5.91 Å². The monoisotopic (exact) mass is 403 g/mol. The quantitative estimate of drug-likeness (QED) is 0.640. The number of likely N-dealkylation sites (N-methyl/N-ethyl adjacent to an activating group) is 1. The molecule has 0 fully saturated rings. The molecule has 0 saturated heterocycles. The average molecular weight is 403 g/mol. The molecule has 0 aliphatic heterocycles. The fourth-order valence-corrected chi connectivity index (χ4v) is 2.85. The highest BCUT2D eigenvalue weighted by Crippen LogP contribution is 2.24. The molecule has 154 valence electrons. The van der Waals surface area contributed by atoms with Gasteiger partial charge in [0, 0.05) is 38.1 Å². The zero-order chi connectivity index (χ0) is 21.5. The predicted molar refractivity (Wildman–Crippen MR) is 119 cm³/mol. The Bertz CT molecular complexity index is 984. The summed E-state index contributed by atoms with van der Waals surface area (Å²) < 4.78 is 5.79. The summed E-state index contributed by atoms with van der Waals surface area (Å²) in [5.41, 5.74) is 2.13. The number of nitrogens with zero attached hydrogens (tertiary/aromatic N) is 2. The van der Waals surface area contributed by atoms with E-state index in [1.54, 1.807) is 38.4 Å². The summed E-state index contributed by atoms with van der Waals surface area (Å²) in [6.45, 7) is 0.192. The summed E-state index contributed by atoms with van der Waals surface area (Å²) in [5, 5.41) is 2.85. The molecule has 0 unspecified atom stereocenters. The summed E-state index contributed by atoms with van der Waals surface area (Å²) in [5.74, 6) is 1.28. The van der Waals surface area contributed by atoms with Crippen molar-refractivity contribution >= 4 is 23.2 Å². The number of para-hydroxylation sites is 1. The van der Waals surface area contributed by atoms with E-state index in [9.17, 15) is 9.59 Å². The number of nitrogens with one attached hydrogen (secondary N) is 1. The highest BCUT2D eigenvalue weighted by molar-refractivity contribution is 5.96. The Labute approximate surface area is 176 Å². The molecule has 3 rings (SSSR count). The summed E-state index contributed by atoms with van der Waals surface area (Å²) in [7, 11) is 5.26. The lowest BCUT2D eigenvalue weighted by Crippen LogP contribution is -2.30. The number of benzene rings is 3. The first kappa shape index (κ1) is 20.9. The van der Waals surface area contributed by atoms with E-state index in [-0.39, 0.29) is 18.4 Å². The molecule has 2 amide bonds. The fraction of sp³-hybridized carbons (Fsp3) is 0.167. The number of rotatable bonds is 7. The van der Waals surface area contributed by atoms with Crippen molar-refractivity contribution in [1.29, 1.82) is 0 Å². The van der Waals surface area contributed by atoms with Gasteiger partial charge in [-0.2, -0.15) is 0 Å². The molecule has 0 atom stereocenters. The first-order valence-electron chi connectivity index (χ1n) is 9.58. The minimum atomic E-state index is -0.145. The van der Waals surface area contributed by atoms with E-state index in [4.69, 9.17) is 4.74 Å². The molecule has 0 aliphatic rings. The van der Waals surface area contributed by atoms with Gasteiger partial charge in [-0.3, -0.25) is 9.59 Å². The molecular weight excluding hydrogens is 378 g/mol. The van der Waals surface area contributed by atoms with Gasteiger partial charge in [-0.25, -0.2) is 0 Å². The standard InChI is InChI=1S/C24H25N3O3/c1-26(2)24(29)18-9-11-19(12-10-18)25-23(28)17-27(3)20-13-15-22(16-14-20)30-21-7-5-4-6-8-21/h4-16H,17H2,1-3H3,(H,25,28). The average Bonchev–Trinajstić information content (AvgIpc) is 2.75. The van der Waals surface area contributed by atoms with Crippen LogP contribution in [0.15, 0.2) is 78.9 Å². The Hall–Kier alpha value is -3.80. The van der Waals surface area contributed by atoms with Crippen molar-refractivity contribution in [2.45, 2.75) is 0 Å². The van der Waals surface area contributed by atoms with Crippen LogP contribution in [0.1, 0.15) is 10.4 Å². The second-order valence-electron chi connectivity index (χ2n) is 7.09. The third-order valence-corrected chi connectivity index (χ3v) is 4.46.